The maximum atomic E-state index is 3.86. The van der Waals surface area contributed by atoms with Crippen molar-refractivity contribution >= 4 is 0 Å². The molecule has 2 aliphatic rings. The van der Waals surface area contributed by atoms with E-state index >= 15 is 0 Å². The lowest BCUT2D eigenvalue weighted by molar-refractivity contribution is 0.0157. The molecule has 2 nitrogen and oxygen atoms in total. The molecule has 0 bridgehead atoms. The van der Waals surface area contributed by atoms with Gasteiger partial charge in [0.1, 0.15) is 0 Å². The summed E-state index contributed by atoms with van der Waals surface area (Å²) in [5.74, 6) is 1.78. The van der Waals surface area contributed by atoms with Gasteiger partial charge in [-0.05, 0) is 43.9 Å². The fraction of sp³-hybridized carbons (Fsp3) is 1.00. The zero-order valence-corrected chi connectivity index (χ0v) is 14.3. The van der Waals surface area contributed by atoms with Gasteiger partial charge in [0.25, 0.3) is 0 Å². The molecule has 2 rings (SSSR count). The Morgan fingerprint density at radius 1 is 1.15 bits per heavy atom. The third kappa shape index (κ3) is 3.76. The van der Waals surface area contributed by atoms with E-state index in [1.54, 1.807) is 0 Å². The van der Waals surface area contributed by atoms with Gasteiger partial charge in [-0.25, -0.2) is 0 Å². The van der Waals surface area contributed by atoms with Crippen molar-refractivity contribution in [3.8, 4) is 0 Å². The Morgan fingerprint density at radius 2 is 1.80 bits per heavy atom. The smallest absolute Gasteiger partial charge is 0.0329 e. The molecule has 1 unspecified atom stereocenters. The second kappa shape index (κ2) is 7.26. The lowest BCUT2D eigenvalue weighted by atomic mass is 9.85. The minimum atomic E-state index is 0.427. The van der Waals surface area contributed by atoms with Gasteiger partial charge < -0.3 is 5.32 Å². The summed E-state index contributed by atoms with van der Waals surface area (Å²) in [5, 5.41) is 3.86. The second-order valence-corrected chi connectivity index (χ2v) is 7.69. The van der Waals surface area contributed by atoms with E-state index in [0.29, 0.717) is 11.6 Å². The topological polar surface area (TPSA) is 15.3 Å². The molecule has 20 heavy (non-hydrogen) atoms. The van der Waals surface area contributed by atoms with E-state index in [-0.39, 0.29) is 0 Å². The maximum absolute atomic E-state index is 3.86. The van der Waals surface area contributed by atoms with E-state index in [9.17, 15) is 0 Å². The number of hydrogen-bond donors (Lipinski definition) is 1. The molecule has 1 aliphatic carbocycles. The Morgan fingerprint density at radius 3 is 2.35 bits per heavy atom. The molecule has 0 aromatic heterocycles. The predicted octanol–water partition coefficient (Wildman–Crippen LogP) is 4.06. The van der Waals surface area contributed by atoms with Gasteiger partial charge in [0, 0.05) is 31.2 Å². The highest BCUT2D eigenvalue weighted by atomic mass is 15.3. The van der Waals surface area contributed by atoms with E-state index < -0.39 is 0 Å². The van der Waals surface area contributed by atoms with Crippen molar-refractivity contribution in [3.05, 3.63) is 0 Å². The molecule has 0 aromatic carbocycles. The van der Waals surface area contributed by atoms with Crippen molar-refractivity contribution in [2.45, 2.75) is 84.2 Å². The SMILES string of the molecule is CCC1(CC)CNC(CC(C)C)CN1CC1CCCC1. The van der Waals surface area contributed by atoms with E-state index in [1.165, 1.54) is 64.6 Å². The first-order valence-corrected chi connectivity index (χ1v) is 9.08. The van der Waals surface area contributed by atoms with Crippen LogP contribution in [0.3, 0.4) is 0 Å². The van der Waals surface area contributed by atoms with Gasteiger partial charge in [0.2, 0.25) is 0 Å². The van der Waals surface area contributed by atoms with Crippen LogP contribution >= 0.6 is 0 Å². The van der Waals surface area contributed by atoms with Crippen molar-refractivity contribution in [2.24, 2.45) is 11.8 Å². The average molecular weight is 280 g/mol. The Bertz CT molecular complexity index is 277. The van der Waals surface area contributed by atoms with E-state index in [1.807, 2.05) is 0 Å². The standard InChI is InChI=1S/C18H36N2/c1-5-18(6-2)14-19-17(11-15(3)4)13-20(18)12-16-9-7-8-10-16/h15-17,19H,5-14H2,1-4H3. The molecule has 0 spiro atoms. The van der Waals surface area contributed by atoms with Crippen molar-refractivity contribution in [1.29, 1.82) is 0 Å². The van der Waals surface area contributed by atoms with Gasteiger partial charge in [-0.1, -0.05) is 40.5 Å². The van der Waals surface area contributed by atoms with E-state index in [2.05, 4.69) is 37.9 Å². The molecule has 1 N–H and O–H groups in total. The summed E-state index contributed by atoms with van der Waals surface area (Å²) >= 11 is 0. The summed E-state index contributed by atoms with van der Waals surface area (Å²) in [5.41, 5.74) is 0.427. The lowest BCUT2D eigenvalue weighted by Gasteiger charge is -2.51. The number of hydrogen-bond acceptors (Lipinski definition) is 2. The molecule has 1 saturated heterocycles. The van der Waals surface area contributed by atoms with Crippen LogP contribution in [-0.4, -0.2) is 36.1 Å². The first kappa shape index (κ1) is 16.3. The third-order valence-corrected chi connectivity index (χ3v) is 5.86. The maximum Gasteiger partial charge on any atom is 0.0329 e. The highest BCUT2D eigenvalue weighted by Crippen LogP contribution is 2.33. The Labute approximate surface area is 126 Å². The van der Waals surface area contributed by atoms with Gasteiger partial charge in [-0.2, -0.15) is 0 Å². The van der Waals surface area contributed by atoms with Gasteiger partial charge in [-0.3, -0.25) is 4.90 Å². The van der Waals surface area contributed by atoms with Crippen molar-refractivity contribution in [3.63, 3.8) is 0 Å². The number of nitrogens with zero attached hydrogens (tertiary/aromatic N) is 1. The quantitative estimate of drug-likeness (QED) is 0.789. The van der Waals surface area contributed by atoms with Crippen LogP contribution in [0.25, 0.3) is 0 Å². The van der Waals surface area contributed by atoms with Crippen LogP contribution in [0.2, 0.25) is 0 Å². The molecule has 2 heteroatoms. The van der Waals surface area contributed by atoms with Crippen LogP contribution in [0.1, 0.15) is 72.6 Å². The number of piperazine rings is 1. The molecular formula is C18H36N2. The molecule has 0 aromatic rings. The van der Waals surface area contributed by atoms with Crippen LogP contribution in [0, 0.1) is 11.8 Å². The van der Waals surface area contributed by atoms with Crippen LogP contribution in [-0.2, 0) is 0 Å². The van der Waals surface area contributed by atoms with E-state index in [4.69, 9.17) is 0 Å². The van der Waals surface area contributed by atoms with Crippen molar-refractivity contribution < 1.29 is 0 Å². The molecule has 1 heterocycles. The number of rotatable bonds is 6. The average Bonchev–Trinajstić information content (AvgIpc) is 2.92. The molecule has 1 aliphatic heterocycles. The van der Waals surface area contributed by atoms with Gasteiger partial charge in [0.15, 0.2) is 0 Å². The Kier molecular flexibility index (Phi) is 5.92. The monoisotopic (exact) mass is 280 g/mol. The summed E-state index contributed by atoms with van der Waals surface area (Å²) in [6.45, 7) is 13.3. The van der Waals surface area contributed by atoms with Gasteiger partial charge >= 0.3 is 0 Å². The molecule has 0 radical (unpaired) electrons. The summed E-state index contributed by atoms with van der Waals surface area (Å²) in [6.07, 6.45) is 9.79. The van der Waals surface area contributed by atoms with Crippen LogP contribution in [0.5, 0.6) is 0 Å². The highest BCUT2D eigenvalue weighted by Gasteiger charge is 2.39. The fourth-order valence-corrected chi connectivity index (χ4v) is 4.42. The third-order valence-electron chi connectivity index (χ3n) is 5.86. The molecule has 1 atom stereocenters. The fourth-order valence-electron chi connectivity index (χ4n) is 4.42. The zero-order chi connectivity index (χ0) is 14.6. The summed E-state index contributed by atoms with van der Waals surface area (Å²) < 4.78 is 0. The van der Waals surface area contributed by atoms with Crippen molar-refractivity contribution in [1.82, 2.24) is 10.2 Å². The predicted molar refractivity (Wildman–Crippen MR) is 88.1 cm³/mol. The van der Waals surface area contributed by atoms with E-state index in [0.717, 1.165) is 11.8 Å². The summed E-state index contributed by atoms with van der Waals surface area (Å²) in [6, 6.07) is 0.711. The molecule has 0 amide bonds. The summed E-state index contributed by atoms with van der Waals surface area (Å²) in [7, 11) is 0. The number of nitrogens with one attached hydrogen (secondary N) is 1. The first-order valence-electron chi connectivity index (χ1n) is 9.08. The Hall–Kier alpha value is -0.0800. The summed E-state index contributed by atoms with van der Waals surface area (Å²) in [4.78, 5) is 2.88. The molecular weight excluding hydrogens is 244 g/mol. The normalized spacial score (nSPS) is 28.4. The minimum absolute atomic E-state index is 0.427. The Balaban J connectivity index is 2.01. The highest BCUT2D eigenvalue weighted by molar-refractivity contribution is 4.98. The molecule has 1 saturated carbocycles. The molecule has 2 fully saturated rings. The van der Waals surface area contributed by atoms with Crippen LogP contribution < -0.4 is 5.32 Å². The van der Waals surface area contributed by atoms with Gasteiger partial charge in [0.05, 0.1) is 0 Å². The first-order chi connectivity index (χ1) is 9.59. The zero-order valence-electron chi connectivity index (χ0n) is 14.3. The lowest BCUT2D eigenvalue weighted by Crippen LogP contribution is -2.65. The largest absolute Gasteiger partial charge is 0.311 e. The van der Waals surface area contributed by atoms with Crippen LogP contribution in [0.15, 0.2) is 0 Å². The minimum Gasteiger partial charge on any atom is -0.311 e. The van der Waals surface area contributed by atoms with Gasteiger partial charge in [-0.15, -0.1) is 0 Å². The van der Waals surface area contributed by atoms with Crippen LogP contribution in [0.4, 0.5) is 0 Å². The molecule has 118 valence electrons. The second-order valence-electron chi connectivity index (χ2n) is 7.69. The van der Waals surface area contributed by atoms with Crippen molar-refractivity contribution in [2.75, 3.05) is 19.6 Å².